The maximum absolute atomic E-state index is 13.3. The second kappa shape index (κ2) is 17.6. The van der Waals surface area contributed by atoms with E-state index < -0.39 is 18.0 Å². The number of amides is 5. The SMILES string of the molecule is CCc1ccc(C(=O)N[C@@H](Cc2ccccc2)C(=O)N[C@H](C=O)CCCCNC(=O)CCCC[C@@H]2SC[C@@H]3NC(=O)N[C@@H]32)cc1. The Morgan fingerprint density at radius 1 is 0.956 bits per heavy atom. The molecule has 0 saturated carbocycles. The van der Waals surface area contributed by atoms with Crippen LogP contribution in [0.2, 0.25) is 0 Å². The summed E-state index contributed by atoms with van der Waals surface area (Å²) in [6.45, 7) is 2.54. The van der Waals surface area contributed by atoms with Gasteiger partial charge in [0.1, 0.15) is 12.3 Å². The van der Waals surface area contributed by atoms with Crippen molar-refractivity contribution in [2.45, 2.75) is 94.1 Å². The molecule has 2 fully saturated rings. The van der Waals surface area contributed by atoms with E-state index in [-0.39, 0.29) is 36.3 Å². The van der Waals surface area contributed by atoms with Gasteiger partial charge in [0.2, 0.25) is 11.8 Å². The summed E-state index contributed by atoms with van der Waals surface area (Å²) < 4.78 is 0. The molecule has 0 aliphatic carbocycles. The van der Waals surface area contributed by atoms with E-state index in [0.717, 1.165) is 48.8 Å². The van der Waals surface area contributed by atoms with E-state index in [1.165, 1.54) is 0 Å². The van der Waals surface area contributed by atoms with E-state index in [1.54, 1.807) is 12.1 Å². The Morgan fingerprint density at radius 3 is 2.47 bits per heavy atom. The van der Waals surface area contributed by atoms with Gasteiger partial charge < -0.3 is 31.4 Å². The second-order valence-electron chi connectivity index (χ2n) is 11.7. The molecule has 0 radical (unpaired) electrons. The van der Waals surface area contributed by atoms with Crippen LogP contribution in [0.15, 0.2) is 54.6 Å². The van der Waals surface area contributed by atoms with E-state index in [1.807, 2.05) is 61.2 Å². The number of unbranched alkanes of at least 4 members (excludes halogenated alkanes) is 2. The molecule has 5 atom stereocenters. The maximum atomic E-state index is 13.3. The van der Waals surface area contributed by atoms with Gasteiger partial charge in [-0.1, -0.05) is 55.8 Å². The molecule has 2 aliphatic rings. The molecule has 0 unspecified atom stereocenters. The molecule has 2 heterocycles. The van der Waals surface area contributed by atoms with E-state index in [2.05, 4.69) is 26.6 Å². The summed E-state index contributed by atoms with van der Waals surface area (Å²) in [6.07, 6.45) is 6.79. The van der Waals surface area contributed by atoms with Crippen molar-refractivity contribution >= 4 is 41.8 Å². The quantitative estimate of drug-likeness (QED) is 0.0966. The first kappa shape index (κ1) is 34.0. The van der Waals surface area contributed by atoms with Crippen molar-refractivity contribution in [2.75, 3.05) is 12.3 Å². The normalized spacial score (nSPS) is 19.8. The maximum Gasteiger partial charge on any atom is 0.315 e. The zero-order valence-electron chi connectivity index (χ0n) is 25.9. The Kier molecular flexibility index (Phi) is 13.3. The van der Waals surface area contributed by atoms with Crippen molar-refractivity contribution in [1.82, 2.24) is 26.6 Å². The number of aldehydes is 1. The minimum absolute atomic E-state index is 0.00635. The first-order valence-electron chi connectivity index (χ1n) is 16.0. The van der Waals surface area contributed by atoms with Crippen LogP contribution in [-0.4, -0.2) is 71.8 Å². The highest BCUT2D eigenvalue weighted by molar-refractivity contribution is 8.00. The van der Waals surface area contributed by atoms with Gasteiger partial charge >= 0.3 is 6.03 Å². The van der Waals surface area contributed by atoms with Crippen molar-refractivity contribution < 1.29 is 24.0 Å². The van der Waals surface area contributed by atoms with Gasteiger partial charge in [-0.2, -0.15) is 11.8 Å². The van der Waals surface area contributed by atoms with Crippen LogP contribution < -0.4 is 26.6 Å². The lowest BCUT2D eigenvalue weighted by atomic mass is 10.0. The first-order chi connectivity index (χ1) is 21.9. The Morgan fingerprint density at radius 2 is 1.73 bits per heavy atom. The second-order valence-corrected chi connectivity index (χ2v) is 13.0. The largest absolute Gasteiger partial charge is 0.356 e. The molecule has 0 bridgehead atoms. The summed E-state index contributed by atoms with van der Waals surface area (Å²) >= 11 is 1.88. The number of carbonyl (C=O) groups is 5. The molecule has 5 amide bonds. The molecule has 10 nitrogen and oxygen atoms in total. The minimum atomic E-state index is -0.852. The summed E-state index contributed by atoms with van der Waals surface area (Å²) in [5.41, 5.74) is 2.48. The van der Waals surface area contributed by atoms with E-state index in [0.29, 0.717) is 43.0 Å². The summed E-state index contributed by atoms with van der Waals surface area (Å²) in [5, 5.41) is 14.9. The molecule has 2 aromatic carbocycles. The molecule has 2 aromatic rings. The number of carbonyl (C=O) groups excluding carboxylic acids is 5. The Labute approximate surface area is 269 Å². The zero-order chi connectivity index (χ0) is 32.0. The Hall–Kier alpha value is -3.86. The monoisotopic (exact) mass is 635 g/mol. The number of fused-ring (bicyclic) bond motifs is 1. The van der Waals surface area contributed by atoms with Gasteiger partial charge in [-0.15, -0.1) is 0 Å². The summed E-state index contributed by atoms with van der Waals surface area (Å²) in [7, 11) is 0. The van der Waals surface area contributed by atoms with Crippen LogP contribution >= 0.6 is 11.8 Å². The third kappa shape index (κ3) is 10.6. The number of urea groups is 1. The summed E-state index contributed by atoms with van der Waals surface area (Å²) in [4.78, 5) is 61.9. The van der Waals surface area contributed by atoms with Gasteiger partial charge in [0.15, 0.2) is 0 Å². The standard InChI is InChI=1S/C34H45N5O5S/c1-2-23-15-17-25(18-16-23)32(42)37-27(20-24-10-4-3-5-11-24)33(43)36-26(21-40)12-8-9-19-35-30(41)14-7-6-13-29-31-28(22-45-29)38-34(44)39-31/h3-5,10-11,15-18,21,26-29,31H,2,6-9,12-14,19-20,22H2,1H3,(H,35,41)(H,36,43)(H,37,42)(H2,38,39,44)/t26-,27-,28-,29-,31-/m0/s1. The topological polar surface area (TPSA) is 146 Å². The van der Waals surface area contributed by atoms with Gasteiger partial charge in [-0.25, -0.2) is 4.79 Å². The van der Waals surface area contributed by atoms with Crippen molar-refractivity contribution in [1.29, 1.82) is 0 Å². The number of hydrogen-bond donors (Lipinski definition) is 5. The number of thioether (sulfide) groups is 1. The number of benzene rings is 2. The zero-order valence-corrected chi connectivity index (χ0v) is 26.7. The van der Waals surface area contributed by atoms with Crippen molar-refractivity contribution in [2.24, 2.45) is 0 Å². The lowest BCUT2D eigenvalue weighted by molar-refractivity contribution is -0.125. The molecule has 4 rings (SSSR count). The van der Waals surface area contributed by atoms with Crippen LogP contribution in [-0.2, 0) is 27.2 Å². The van der Waals surface area contributed by atoms with E-state index in [4.69, 9.17) is 0 Å². The van der Waals surface area contributed by atoms with Crippen LogP contribution in [0.5, 0.6) is 0 Å². The van der Waals surface area contributed by atoms with Gasteiger partial charge in [0.25, 0.3) is 5.91 Å². The highest BCUT2D eigenvalue weighted by Crippen LogP contribution is 2.33. The van der Waals surface area contributed by atoms with Crippen molar-refractivity contribution in [3.8, 4) is 0 Å². The van der Waals surface area contributed by atoms with Crippen molar-refractivity contribution in [3.05, 3.63) is 71.3 Å². The predicted octanol–water partition coefficient (Wildman–Crippen LogP) is 3.29. The fraction of sp³-hybridized carbons (Fsp3) is 0.500. The fourth-order valence-electron chi connectivity index (χ4n) is 5.73. The van der Waals surface area contributed by atoms with Gasteiger partial charge in [0.05, 0.1) is 18.1 Å². The summed E-state index contributed by atoms with van der Waals surface area (Å²) in [6, 6.07) is 15.5. The smallest absolute Gasteiger partial charge is 0.315 e. The number of hydrogen-bond acceptors (Lipinski definition) is 6. The van der Waals surface area contributed by atoms with Crippen LogP contribution in [0.1, 0.15) is 73.4 Å². The van der Waals surface area contributed by atoms with Gasteiger partial charge in [-0.05, 0) is 61.8 Å². The molecular formula is C34H45N5O5S. The van der Waals surface area contributed by atoms with E-state index >= 15 is 0 Å². The average Bonchev–Trinajstić information content (AvgIpc) is 3.61. The molecule has 0 spiro atoms. The van der Waals surface area contributed by atoms with E-state index in [9.17, 15) is 24.0 Å². The fourth-order valence-corrected chi connectivity index (χ4v) is 7.27. The molecule has 242 valence electrons. The number of aryl methyl sites for hydroxylation is 1. The van der Waals surface area contributed by atoms with Crippen LogP contribution in [0, 0.1) is 0 Å². The third-order valence-corrected chi connectivity index (χ3v) is 9.87. The van der Waals surface area contributed by atoms with Crippen LogP contribution in [0.3, 0.4) is 0 Å². The molecule has 2 saturated heterocycles. The molecule has 11 heteroatoms. The van der Waals surface area contributed by atoms with Gasteiger partial charge in [0, 0.05) is 36.0 Å². The Balaban J connectivity index is 1.15. The lowest BCUT2D eigenvalue weighted by Gasteiger charge is -2.21. The molecule has 45 heavy (non-hydrogen) atoms. The highest BCUT2D eigenvalue weighted by atomic mass is 32.2. The van der Waals surface area contributed by atoms with Crippen LogP contribution in [0.4, 0.5) is 4.79 Å². The lowest BCUT2D eigenvalue weighted by Crippen LogP contribution is -2.51. The minimum Gasteiger partial charge on any atom is -0.356 e. The number of nitrogens with one attached hydrogen (secondary N) is 5. The third-order valence-electron chi connectivity index (χ3n) is 8.37. The predicted molar refractivity (Wildman–Crippen MR) is 176 cm³/mol. The Bertz CT molecular complexity index is 1290. The molecular weight excluding hydrogens is 590 g/mol. The van der Waals surface area contributed by atoms with Crippen molar-refractivity contribution in [3.63, 3.8) is 0 Å². The first-order valence-corrected chi connectivity index (χ1v) is 17.1. The molecule has 5 N–H and O–H groups in total. The summed E-state index contributed by atoms with van der Waals surface area (Å²) in [5.74, 6) is 0.174. The molecule has 0 aromatic heterocycles. The average molecular weight is 636 g/mol. The molecule has 2 aliphatic heterocycles. The number of rotatable bonds is 18. The van der Waals surface area contributed by atoms with Gasteiger partial charge in [-0.3, -0.25) is 14.4 Å². The van der Waals surface area contributed by atoms with Crippen LogP contribution in [0.25, 0.3) is 0 Å². The highest BCUT2D eigenvalue weighted by Gasteiger charge is 2.42.